The molecule has 0 aliphatic carbocycles. The number of ether oxygens (including phenoxy) is 4. The molecule has 0 aliphatic heterocycles. The number of benzene rings is 2. The number of fused-ring (bicyclic) bond motifs is 1. The van der Waals surface area contributed by atoms with Crippen LogP contribution >= 0.6 is 0 Å². The highest BCUT2D eigenvalue weighted by molar-refractivity contribution is 6.08. The normalized spacial score (nSPS) is 10.9. The van der Waals surface area contributed by atoms with Gasteiger partial charge in [-0.2, -0.15) is 0 Å². The fourth-order valence-electron chi connectivity index (χ4n) is 3.08. The summed E-state index contributed by atoms with van der Waals surface area (Å²) in [6.45, 7) is 9.73. The van der Waals surface area contributed by atoms with Gasteiger partial charge in [-0.25, -0.2) is 9.59 Å². The number of hydrogen-bond donors (Lipinski definition) is 0. The van der Waals surface area contributed by atoms with Gasteiger partial charge in [0, 0.05) is 16.3 Å². The fourth-order valence-corrected chi connectivity index (χ4v) is 3.08. The van der Waals surface area contributed by atoms with Gasteiger partial charge in [-0.1, -0.05) is 6.07 Å². The summed E-state index contributed by atoms with van der Waals surface area (Å²) in [7, 11) is 0. The third-order valence-corrected chi connectivity index (χ3v) is 4.59. The molecule has 0 aromatic heterocycles. The van der Waals surface area contributed by atoms with Crippen molar-refractivity contribution in [2.75, 3.05) is 19.8 Å². The SMILES string of the molecule is CCOC(=O)/C=C/Oc1c(CC(=O)OCC)cc(C(=O)OCC)c2cc(C)c(C)cc12. The lowest BCUT2D eigenvalue weighted by molar-refractivity contribution is -0.142. The van der Waals surface area contributed by atoms with E-state index < -0.39 is 17.9 Å². The van der Waals surface area contributed by atoms with Crippen molar-refractivity contribution < 1.29 is 33.3 Å². The van der Waals surface area contributed by atoms with E-state index in [-0.39, 0.29) is 26.2 Å². The Labute approximate surface area is 181 Å². The number of rotatable bonds is 9. The number of carbonyl (C=O) groups excluding carboxylic acids is 3. The molecule has 2 rings (SSSR count). The molecule has 2 aromatic rings. The summed E-state index contributed by atoms with van der Waals surface area (Å²) in [5.41, 5.74) is 2.76. The van der Waals surface area contributed by atoms with E-state index in [1.54, 1.807) is 26.8 Å². The molecule has 0 amide bonds. The molecule has 7 nitrogen and oxygen atoms in total. The molecule has 0 atom stereocenters. The monoisotopic (exact) mass is 428 g/mol. The van der Waals surface area contributed by atoms with Crippen LogP contribution in [0.5, 0.6) is 5.75 Å². The zero-order chi connectivity index (χ0) is 23.0. The molecule has 31 heavy (non-hydrogen) atoms. The maximum absolute atomic E-state index is 12.7. The molecule has 166 valence electrons. The lowest BCUT2D eigenvalue weighted by atomic mass is 9.94. The third kappa shape index (κ3) is 6.07. The first-order valence-electron chi connectivity index (χ1n) is 10.2. The van der Waals surface area contributed by atoms with E-state index in [1.807, 2.05) is 26.0 Å². The van der Waals surface area contributed by atoms with Crippen LogP contribution in [0.4, 0.5) is 0 Å². The van der Waals surface area contributed by atoms with Crippen molar-refractivity contribution in [3.8, 4) is 5.75 Å². The Kier molecular flexibility index (Phi) is 8.61. The van der Waals surface area contributed by atoms with Crippen molar-refractivity contribution in [1.29, 1.82) is 0 Å². The molecule has 2 aromatic carbocycles. The zero-order valence-electron chi connectivity index (χ0n) is 18.6. The highest BCUT2D eigenvalue weighted by Gasteiger charge is 2.21. The first-order valence-corrected chi connectivity index (χ1v) is 10.2. The van der Waals surface area contributed by atoms with Gasteiger partial charge in [0.15, 0.2) is 0 Å². The molecule has 0 N–H and O–H groups in total. The second kappa shape index (κ2) is 11.2. The zero-order valence-corrected chi connectivity index (χ0v) is 18.6. The van der Waals surface area contributed by atoms with E-state index >= 15 is 0 Å². The smallest absolute Gasteiger partial charge is 0.338 e. The van der Waals surface area contributed by atoms with Crippen LogP contribution in [0.2, 0.25) is 0 Å². The van der Waals surface area contributed by atoms with Crippen LogP contribution in [0.15, 0.2) is 30.5 Å². The highest BCUT2D eigenvalue weighted by Crippen LogP contribution is 2.36. The summed E-state index contributed by atoms with van der Waals surface area (Å²) < 4.78 is 21.0. The molecule has 0 heterocycles. The van der Waals surface area contributed by atoms with Crippen molar-refractivity contribution in [3.63, 3.8) is 0 Å². The van der Waals surface area contributed by atoms with Gasteiger partial charge in [-0.15, -0.1) is 0 Å². The Hall–Kier alpha value is -3.35. The van der Waals surface area contributed by atoms with Crippen molar-refractivity contribution in [1.82, 2.24) is 0 Å². The number of hydrogen-bond acceptors (Lipinski definition) is 7. The van der Waals surface area contributed by atoms with E-state index in [0.717, 1.165) is 17.2 Å². The molecular formula is C24H28O7. The summed E-state index contributed by atoms with van der Waals surface area (Å²) in [6, 6.07) is 5.35. The van der Waals surface area contributed by atoms with E-state index in [9.17, 15) is 14.4 Å². The van der Waals surface area contributed by atoms with E-state index in [2.05, 4.69) is 0 Å². The fraction of sp³-hybridized carbons (Fsp3) is 0.375. The molecule has 0 bridgehead atoms. The van der Waals surface area contributed by atoms with Gasteiger partial charge in [-0.3, -0.25) is 4.79 Å². The third-order valence-electron chi connectivity index (χ3n) is 4.59. The lowest BCUT2D eigenvalue weighted by Crippen LogP contribution is -2.12. The molecule has 0 saturated carbocycles. The topological polar surface area (TPSA) is 88.1 Å². The molecule has 0 spiro atoms. The second-order valence-electron chi connectivity index (χ2n) is 6.77. The Morgan fingerprint density at radius 1 is 0.839 bits per heavy atom. The summed E-state index contributed by atoms with van der Waals surface area (Å²) in [4.78, 5) is 36.5. The van der Waals surface area contributed by atoms with Gasteiger partial charge in [0.05, 0.1) is 44.1 Å². The number of carbonyl (C=O) groups is 3. The average Bonchev–Trinajstić information content (AvgIpc) is 2.71. The largest absolute Gasteiger partial charge is 0.466 e. The second-order valence-corrected chi connectivity index (χ2v) is 6.77. The minimum absolute atomic E-state index is 0.105. The first kappa shape index (κ1) is 23.9. The van der Waals surface area contributed by atoms with Gasteiger partial charge in [0.2, 0.25) is 0 Å². The van der Waals surface area contributed by atoms with Crippen molar-refractivity contribution in [2.24, 2.45) is 0 Å². The van der Waals surface area contributed by atoms with Crippen LogP contribution in [0.3, 0.4) is 0 Å². The molecular weight excluding hydrogens is 400 g/mol. The van der Waals surface area contributed by atoms with Crippen LogP contribution in [-0.2, 0) is 30.2 Å². The van der Waals surface area contributed by atoms with Crippen molar-refractivity contribution in [3.05, 3.63) is 52.8 Å². The van der Waals surface area contributed by atoms with Crippen LogP contribution in [0.25, 0.3) is 10.8 Å². The van der Waals surface area contributed by atoms with E-state index in [0.29, 0.717) is 27.6 Å². The Morgan fingerprint density at radius 3 is 2.06 bits per heavy atom. The van der Waals surface area contributed by atoms with E-state index in [4.69, 9.17) is 18.9 Å². The maximum atomic E-state index is 12.7. The standard InChI is InChI=1S/C24H28O7/c1-6-28-21(25)9-10-31-23-17(14-22(26)29-7-2)13-20(24(27)30-8-3)18-11-15(4)16(5)12-19(18)23/h9-13H,6-8,14H2,1-5H3/b10-9+. The predicted molar refractivity (Wildman–Crippen MR) is 116 cm³/mol. The van der Waals surface area contributed by atoms with Gasteiger partial charge in [-0.05, 0) is 57.9 Å². The highest BCUT2D eigenvalue weighted by atomic mass is 16.5. The minimum atomic E-state index is -0.547. The molecule has 7 heteroatoms. The van der Waals surface area contributed by atoms with E-state index in [1.165, 1.54) is 6.26 Å². The Balaban J connectivity index is 2.69. The summed E-state index contributed by atoms with van der Waals surface area (Å²) in [5, 5.41) is 1.26. The molecule has 0 unspecified atom stereocenters. The van der Waals surface area contributed by atoms with Gasteiger partial charge < -0.3 is 18.9 Å². The maximum Gasteiger partial charge on any atom is 0.338 e. The van der Waals surface area contributed by atoms with Crippen LogP contribution in [0.1, 0.15) is 47.8 Å². The summed E-state index contributed by atoms with van der Waals surface area (Å²) >= 11 is 0. The summed E-state index contributed by atoms with van der Waals surface area (Å²) in [5.74, 6) is -1.14. The predicted octanol–water partition coefficient (Wildman–Crippen LogP) is 4.19. The lowest BCUT2D eigenvalue weighted by Gasteiger charge is -2.16. The number of aryl methyl sites for hydroxylation is 2. The number of esters is 3. The molecule has 0 fully saturated rings. The van der Waals surface area contributed by atoms with Crippen molar-refractivity contribution in [2.45, 2.75) is 41.0 Å². The van der Waals surface area contributed by atoms with Gasteiger partial charge in [0.25, 0.3) is 0 Å². The molecule has 0 aliphatic rings. The Morgan fingerprint density at radius 2 is 1.45 bits per heavy atom. The average molecular weight is 428 g/mol. The molecule has 0 radical (unpaired) electrons. The van der Waals surface area contributed by atoms with Crippen LogP contribution in [0, 0.1) is 13.8 Å². The van der Waals surface area contributed by atoms with Crippen LogP contribution < -0.4 is 4.74 Å². The molecule has 0 saturated heterocycles. The Bertz CT molecular complexity index is 1000. The summed E-state index contributed by atoms with van der Waals surface area (Å²) in [6.07, 6.45) is 2.26. The van der Waals surface area contributed by atoms with Gasteiger partial charge in [0.1, 0.15) is 5.75 Å². The van der Waals surface area contributed by atoms with Crippen LogP contribution in [-0.4, -0.2) is 37.7 Å². The van der Waals surface area contributed by atoms with Crippen molar-refractivity contribution >= 4 is 28.7 Å². The first-order chi connectivity index (χ1) is 14.8. The minimum Gasteiger partial charge on any atom is -0.466 e. The quantitative estimate of drug-likeness (QED) is 0.256. The van der Waals surface area contributed by atoms with Gasteiger partial charge >= 0.3 is 17.9 Å².